The number of aliphatic imine (C=N–C) groups is 1. The van der Waals surface area contributed by atoms with Crippen LogP contribution in [0.3, 0.4) is 0 Å². The molecule has 0 aromatic carbocycles. The molecule has 1 N–H and O–H groups in total. The van der Waals surface area contributed by atoms with Gasteiger partial charge in [-0.15, -0.1) is 0 Å². The van der Waals surface area contributed by atoms with Gasteiger partial charge in [-0.25, -0.2) is 0 Å². The molecule has 0 aromatic rings. The lowest BCUT2D eigenvalue weighted by molar-refractivity contribution is -0.00264. The average molecular weight is 343 g/mol. The summed E-state index contributed by atoms with van der Waals surface area (Å²) in [4.78, 5) is 9.85. The van der Waals surface area contributed by atoms with Crippen LogP contribution in [0.2, 0.25) is 0 Å². The Bertz CT molecular complexity index is 383. The molecule has 2 aliphatic rings. The van der Waals surface area contributed by atoms with E-state index in [2.05, 4.69) is 54.8 Å². The van der Waals surface area contributed by atoms with E-state index in [9.17, 15) is 0 Å². The normalized spacial score (nSPS) is 25.7. The second-order valence-corrected chi connectivity index (χ2v) is 8.16. The number of rotatable bonds is 5. The number of hydrogen-bond donors (Lipinski definition) is 1. The van der Waals surface area contributed by atoms with Crippen molar-refractivity contribution in [1.82, 2.24) is 15.1 Å². The fourth-order valence-corrected chi connectivity index (χ4v) is 4.48. The van der Waals surface area contributed by atoms with Crippen LogP contribution in [0.15, 0.2) is 4.99 Å². The van der Waals surface area contributed by atoms with Gasteiger partial charge in [-0.1, -0.05) is 6.92 Å². The first kappa shape index (κ1) is 18.9. The molecule has 2 aliphatic heterocycles. The first-order chi connectivity index (χ1) is 11.1. The molecule has 1 atom stereocenters. The minimum atomic E-state index is 0.146. The van der Waals surface area contributed by atoms with Gasteiger partial charge in [0.05, 0.1) is 6.54 Å². The van der Waals surface area contributed by atoms with E-state index < -0.39 is 0 Å². The molecule has 0 saturated carbocycles. The number of nitrogens with one attached hydrogen (secondary N) is 1. The molecule has 23 heavy (non-hydrogen) atoms. The summed E-state index contributed by atoms with van der Waals surface area (Å²) in [5.74, 6) is 2.30. The number of hydrogen-bond acceptors (Lipinski definition) is 4. The second-order valence-electron chi connectivity index (χ2n) is 6.75. The molecule has 2 saturated heterocycles. The molecule has 1 unspecified atom stereocenters. The maximum absolute atomic E-state index is 5.57. The monoisotopic (exact) mass is 342 g/mol. The van der Waals surface area contributed by atoms with Crippen molar-refractivity contribution in [1.29, 1.82) is 0 Å². The van der Waals surface area contributed by atoms with Gasteiger partial charge in [0.1, 0.15) is 0 Å². The van der Waals surface area contributed by atoms with E-state index in [0.717, 1.165) is 63.4 Å². The zero-order valence-corrected chi connectivity index (χ0v) is 16.1. The van der Waals surface area contributed by atoms with Crippen molar-refractivity contribution in [3.63, 3.8) is 0 Å². The third-order valence-electron chi connectivity index (χ3n) is 5.12. The van der Waals surface area contributed by atoms with Crippen molar-refractivity contribution in [3.05, 3.63) is 0 Å². The van der Waals surface area contributed by atoms with Crippen LogP contribution in [0, 0.1) is 0 Å². The van der Waals surface area contributed by atoms with Crippen LogP contribution in [0.4, 0.5) is 0 Å². The Morgan fingerprint density at radius 1 is 1.35 bits per heavy atom. The van der Waals surface area contributed by atoms with Gasteiger partial charge in [0.15, 0.2) is 5.96 Å². The average Bonchev–Trinajstić information content (AvgIpc) is 2.59. The van der Waals surface area contributed by atoms with E-state index >= 15 is 0 Å². The highest BCUT2D eigenvalue weighted by Crippen LogP contribution is 2.27. The smallest absolute Gasteiger partial charge is 0.194 e. The highest BCUT2D eigenvalue weighted by atomic mass is 32.2. The van der Waals surface area contributed by atoms with Gasteiger partial charge in [0.2, 0.25) is 0 Å². The van der Waals surface area contributed by atoms with Gasteiger partial charge in [0, 0.05) is 49.4 Å². The van der Waals surface area contributed by atoms with Crippen LogP contribution >= 0.6 is 11.8 Å². The Morgan fingerprint density at radius 3 is 2.70 bits per heavy atom. The lowest BCUT2D eigenvalue weighted by Gasteiger charge is -2.42. The number of likely N-dealkylation sites (N-methyl/N-ethyl adjacent to an activating group) is 1. The molecule has 2 fully saturated rings. The quantitative estimate of drug-likeness (QED) is 0.610. The Morgan fingerprint density at radius 2 is 2.09 bits per heavy atom. The van der Waals surface area contributed by atoms with E-state index in [1.165, 1.54) is 12.2 Å². The largest absolute Gasteiger partial charge is 0.381 e. The number of thioether (sulfide) groups is 1. The van der Waals surface area contributed by atoms with Gasteiger partial charge in [-0.3, -0.25) is 4.99 Å². The van der Waals surface area contributed by atoms with Crippen LogP contribution in [-0.2, 0) is 4.74 Å². The predicted octanol–water partition coefficient (Wildman–Crippen LogP) is 1.89. The summed E-state index contributed by atoms with van der Waals surface area (Å²) >= 11 is 2.10. The zero-order valence-electron chi connectivity index (χ0n) is 15.3. The molecular formula is C17H34N4OS. The molecular weight excluding hydrogens is 308 g/mol. The summed E-state index contributed by atoms with van der Waals surface area (Å²) < 4.78 is 5.57. The SMILES string of the molecule is CCNC(=NCC1(N(C)C)CCOCC1)N1CCSC(CC)C1. The summed E-state index contributed by atoms with van der Waals surface area (Å²) in [6.45, 7) is 10.1. The summed E-state index contributed by atoms with van der Waals surface area (Å²) in [6.07, 6.45) is 3.37. The third kappa shape index (κ3) is 5.00. The summed E-state index contributed by atoms with van der Waals surface area (Å²) in [5, 5.41) is 4.24. The van der Waals surface area contributed by atoms with E-state index in [-0.39, 0.29) is 5.54 Å². The molecule has 0 aliphatic carbocycles. The topological polar surface area (TPSA) is 40.1 Å². The van der Waals surface area contributed by atoms with Crippen LogP contribution in [0.1, 0.15) is 33.1 Å². The molecule has 2 rings (SSSR count). The minimum Gasteiger partial charge on any atom is -0.381 e. The number of ether oxygens (including phenoxy) is 1. The lowest BCUT2D eigenvalue weighted by atomic mass is 9.89. The summed E-state index contributed by atoms with van der Waals surface area (Å²) in [5.41, 5.74) is 0.146. The van der Waals surface area contributed by atoms with Crippen molar-refractivity contribution in [3.8, 4) is 0 Å². The fraction of sp³-hybridized carbons (Fsp3) is 0.941. The Labute approximate surface area is 146 Å². The molecule has 6 heteroatoms. The maximum atomic E-state index is 5.57. The lowest BCUT2D eigenvalue weighted by Crippen LogP contribution is -2.53. The van der Waals surface area contributed by atoms with Gasteiger partial charge in [-0.2, -0.15) is 11.8 Å². The van der Waals surface area contributed by atoms with Crippen LogP contribution in [-0.4, -0.2) is 85.8 Å². The highest BCUT2D eigenvalue weighted by molar-refractivity contribution is 8.00. The van der Waals surface area contributed by atoms with Crippen LogP contribution in [0.5, 0.6) is 0 Å². The Balaban J connectivity index is 2.07. The van der Waals surface area contributed by atoms with E-state index in [1.54, 1.807) is 0 Å². The number of guanidine groups is 1. The highest BCUT2D eigenvalue weighted by Gasteiger charge is 2.35. The van der Waals surface area contributed by atoms with Gasteiger partial charge >= 0.3 is 0 Å². The van der Waals surface area contributed by atoms with E-state index in [0.29, 0.717) is 0 Å². The molecule has 0 aromatic heterocycles. The first-order valence-electron chi connectivity index (χ1n) is 9.01. The van der Waals surface area contributed by atoms with Crippen molar-refractivity contribution >= 4 is 17.7 Å². The Kier molecular flexibility index (Phi) is 7.50. The first-order valence-corrected chi connectivity index (χ1v) is 10.1. The van der Waals surface area contributed by atoms with Crippen molar-refractivity contribution < 1.29 is 4.74 Å². The molecule has 0 radical (unpaired) electrons. The standard InChI is InChI=1S/C17H34N4OS/c1-5-15-13-21(9-12-23-15)16(18-6-2)19-14-17(20(3)4)7-10-22-11-8-17/h15H,5-14H2,1-4H3,(H,18,19). The van der Waals surface area contributed by atoms with Gasteiger partial charge in [0.25, 0.3) is 0 Å². The maximum Gasteiger partial charge on any atom is 0.194 e. The molecule has 134 valence electrons. The minimum absolute atomic E-state index is 0.146. The number of nitrogens with zero attached hydrogens (tertiary/aromatic N) is 3. The van der Waals surface area contributed by atoms with Crippen molar-refractivity contribution in [2.24, 2.45) is 4.99 Å². The van der Waals surface area contributed by atoms with E-state index in [1.807, 2.05) is 0 Å². The second kappa shape index (κ2) is 9.14. The van der Waals surface area contributed by atoms with Gasteiger partial charge < -0.3 is 19.9 Å². The summed E-state index contributed by atoms with van der Waals surface area (Å²) in [7, 11) is 4.36. The van der Waals surface area contributed by atoms with Crippen molar-refractivity contribution in [2.75, 3.05) is 59.2 Å². The fourth-order valence-electron chi connectivity index (χ4n) is 3.30. The molecule has 0 bridgehead atoms. The third-order valence-corrected chi connectivity index (χ3v) is 6.50. The predicted molar refractivity (Wildman–Crippen MR) is 101 cm³/mol. The van der Waals surface area contributed by atoms with Gasteiger partial charge in [-0.05, 0) is 40.3 Å². The van der Waals surface area contributed by atoms with Crippen LogP contribution < -0.4 is 5.32 Å². The molecule has 0 amide bonds. The Hall–Kier alpha value is -0.460. The molecule has 5 nitrogen and oxygen atoms in total. The zero-order chi connectivity index (χ0) is 16.7. The van der Waals surface area contributed by atoms with Crippen molar-refractivity contribution in [2.45, 2.75) is 43.9 Å². The van der Waals surface area contributed by atoms with Crippen LogP contribution in [0.25, 0.3) is 0 Å². The van der Waals surface area contributed by atoms with E-state index in [4.69, 9.17) is 9.73 Å². The molecule has 0 spiro atoms. The summed E-state index contributed by atoms with van der Waals surface area (Å²) in [6, 6.07) is 0. The molecule has 2 heterocycles.